The van der Waals surface area contributed by atoms with Gasteiger partial charge in [-0.3, -0.25) is 10.2 Å². The van der Waals surface area contributed by atoms with Crippen LogP contribution >= 0.6 is 27.5 Å². The number of amides is 1. The number of sulfonamides is 1. The summed E-state index contributed by atoms with van der Waals surface area (Å²) in [5, 5.41) is 0.422. The Morgan fingerprint density at radius 1 is 1.05 bits per heavy atom. The summed E-state index contributed by atoms with van der Waals surface area (Å²) in [6, 6.07) is 12.3. The molecule has 8 heteroatoms. The molecule has 0 radical (unpaired) electrons. The van der Waals surface area contributed by atoms with Crippen LogP contribution in [0.2, 0.25) is 5.02 Å². The fraction of sp³-hybridized carbons (Fsp3) is 0. The summed E-state index contributed by atoms with van der Waals surface area (Å²) >= 11 is 8.91. The highest BCUT2D eigenvalue weighted by molar-refractivity contribution is 9.10. The van der Waals surface area contributed by atoms with Gasteiger partial charge in [-0.25, -0.2) is 8.42 Å². The summed E-state index contributed by atoms with van der Waals surface area (Å²) < 4.78 is 24.5. The van der Waals surface area contributed by atoms with Crippen LogP contribution in [0, 0.1) is 0 Å². The molecule has 0 saturated heterocycles. The second-order valence-electron chi connectivity index (χ2n) is 3.99. The van der Waals surface area contributed by atoms with E-state index in [-0.39, 0.29) is 4.90 Å². The molecule has 0 atom stereocenters. The van der Waals surface area contributed by atoms with Gasteiger partial charge in [-0.1, -0.05) is 23.7 Å². The quantitative estimate of drug-likeness (QED) is 0.790. The van der Waals surface area contributed by atoms with Crippen molar-refractivity contribution >= 4 is 43.5 Å². The van der Waals surface area contributed by atoms with Gasteiger partial charge >= 0.3 is 0 Å². The number of hydrogen-bond donors (Lipinski definition) is 2. The molecule has 0 saturated carbocycles. The monoisotopic (exact) mass is 388 g/mol. The maximum Gasteiger partial charge on any atom is 0.267 e. The van der Waals surface area contributed by atoms with Crippen LogP contribution in [0.3, 0.4) is 0 Å². The molecule has 1 amide bonds. The van der Waals surface area contributed by atoms with E-state index in [1.54, 1.807) is 24.3 Å². The first-order chi connectivity index (χ1) is 9.90. The predicted octanol–water partition coefficient (Wildman–Crippen LogP) is 2.73. The lowest BCUT2D eigenvalue weighted by atomic mass is 10.2. The maximum atomic E-state index is 12.0. The number of carbonyl (C=O) groups is 1. The first kappa shape index (κ1) is 16.0. The molecule has 2 aromatic rings. The molecule has 0 aliphatic carbocycles. The van der Waals surface area contributed by atoms with Gasteiger partial charge in [0.15, 0.2) is 0 Å². The Balaban J connectivity index is 2.10. The van der Waals surface area contributed by atoms with Crippen molar-refractivity contribution in [3.63, 3.8) is 0 Å². The van der Waals surface area contributed by atoms with E-state index < -0.39 is 15.9 Å². The van der Waals surface area contributed by atoms with Crippen molar-refractivity contribution < 1.29 is 13.2 Å². The molecule has 0 aliphatic rings. The third-order valence-electron chi connectivity index (χ3n) is 2.54. The molecular weight excluding hydrogens is 380 g/mol. The molecule has 2 N–H and O–H groups in total. The molecule has 0 heterocycles. The molecule has 0 bridgehead atoms. The second kappa shape index (κ2) is 6.57. The number of carbonyl (C=O) groups excluding carboxylic acids is 1. The highest BCUT2D eigenvalue weighted by Gasteiger charge is 2.16. The van der Waals surface area contributed by atoms with Gasteiger partial charge in [0.2, 0.25) is 0 Å². The van der Waals surface area contributed by atoms with Crippen molar-refractivity contribution in [3.05, 3.63) is 63.6 Å². The SMILES string of the molecule is O=C(NNS(=O)(=O)c1ccc(Cl)cc1)c1ccccc1Br. The topological polar surface area (TPSA) is 75.3 Å². The summed E-state index contributed by atoms with van der Waals surface area (Å²) in [7, 11) is -3.85. The molecule has 0 unspecified atom stereocenters. The predicted molar refractivity (Wildman–Crippen MR) is 83.4 cm³/mol. The lowest BCUT2D eigenvalue weighted by molar-refractivity contribution is 0.0944. The summed E-state index contributed by atoms with van der Waals surface area (Å²) in [5.74, 6) is -0.569. The van der Waals surface area contributed by atoms with Gasteiger partial charge < -0.3 is 0 Å². The van der Waals surface area contributed by atoms with E-state index in [4.69, 9.17) is 11.6 Å². The number of hydrazine groups is 1. The van der Waals surface area contributed by atoms with Crippen LogP contribution in [0.1, 0.15) is 10.4 Å². The molecular formula is C13H10BrClN2O3S. The minimum Gasteiger partial charge on any atom is -0.273 e. The van der Waals surface area contributed by atoms with Crippen LogP contribution < -0.4 is 10.3 Å². The Bertz CT molecular complexity index is 763. The zero-order valence-electron chi connectivity index (χ0n) is 10.5. The number of halogens is 2. The van der Waals surface area contributed by atoms with E-state index in [2.05, 4.69) is 21.4 Å². The minimum atomic E-state index is -3.85. The fourth-order valence-electron chi connectivity index (χ4n) is 1.50. The van der Waals surface area contributed by atoms with E-state index in [0.717, 1.165) is 0 Å². The number of rotatable bonds is 4. The highest BCUT2D eigenvalue weighted by Crippen LogP contribution is 2.16. The molecule has 21 heavy (non-hydrogen) atoms. The van der Waals surface area contributed by atoms with Crippen LogP contribution in [-0.2, 0) is 10.0 Å². The maximum absolute atomic E-state index is 12.0. The van der Waals surface area contributed by atoms with Gasteiger partial charge in [-0.2, -0.15) is 0 Å². The van der Waals surface area contributed by atoms with Gasteiger partial charge in [0.25, 0.3) is 15.9 Å². The number of hydrogen-bond acceptors (Lipinski definition) is 3. The van der Waals surface area contributed by atoms with Crippen LogP contribution in [0.4, 0.5) is 0 Å². The molecule has 5 nitrogen and oxygen atoms in total. The largest absolute Gasteiger partial charge is 0.273 e. The average molecular weight is 390 g/mol. The third kappa shape index (κ3) is 4.04. The normalized spacial score (nSPS) is 11.1. The van der Waals surface area contributed by atoms with Crippen molar-refractivity contribution in [1.82, 2.24) is 10.3 Å². The minimum absolute atomic E-state index is 0.000623. The van der Waals surface area contributed by atoms with E-state index in [1.807, 2.05) is 4.83 Å². The Morgan fingerprint density at radius 3 is 2.29 bits per heavy atom. The molecule has 110 valence electrons. The fourth-order valence-corrected chi connectivity index (χ4v) is 2.93. The van der Waals surface area contributed by atoms with E-state index in [1.165, 1.54) is 24.3 Å². The van der Waals surface area contributed by atoms with Gasteiger partial charge in [0, 0.05) is 9.50 Å². The molecule has 0 fully saturated rings. The number of nitrogens with one attached hydrogen (secondary N) is 2. The average Bonchev–Trinajstić information content (AvgIpc) is 2.46. The van der Waals surface area contributed by atoms with Crippen molar-refractivity contribution in [1.29, 1.82) is 0 Å². The van der Waals surface area contributed by atoms with Crippen molar-refractivity contribution in [2.75, 3.05) is 0 Å². The van der Waals surface area contributed by atoms with E-state index in [9.17, 15) is 13.2 Å². The van der Waals surface area contributed by atoms with Crippen LogP contribution in [0.15, 0.2) is 57.9 Å². The van der Waals surface area contributed by atoms with Gasteiger partial charge in [-0.05, 0) is 52.3 Å². The second-order valence-corrected chi connectivity index (χ2v) is 6.97. The Kier molecular flexibility index (Phi) is 5.00. The van der Waals surface area contributed by atoms with Gasteiger partial charge in [0.1, 0.15) is 0 Å². The first-order valence-electron chi connectivity index (χ1n) is 5.72. The highest BCUT2D eigenvalue weighted by atomic mass is 79.9. The summed E-state index contributed by atoms with van der Waals surface area (Å²) in [4.78, 5) is 13.9. The van der Waals surface area contributed by atoms with E-state index >= 15 is 0 Å². The Morgan fingerprint density at radius 2 is 1.67 bits per heavy atom. The van der Waals surface area contributed by atoms with Gasteiger partial charge in [0.05, 0.1) is 10.5 Å². The zero-order valence-corrected chi connectivity index (χ0v) is 13.7. The van der Waals surface area contributed by atoms with Gasteiger partial charge in [-0.15, -0.1) is 4.83 Å². The Labute approximate surface area is 135 Å². The molecule has 2 aromatic carbocycles. The summed E-state index contributed by atoms with van der Waals surface area (Å²) in [6.07, 6.45) is 0. The summed E-state index contributed by atoms with van der Waals surface area (Å²) in [5.41, 5.74) is 2.47. The zero-order chi connectivity index (χ0) is 15.5. The first-order valence-corrected chi connectivity index (χ1v) is 8.38. The summed E-state index contributed by atoms with van der Waals surface area (Å²) in [6.45, 7) is 0. The standard InChI is InChI=1S/C13H10BrClN2O3S/c14-12-4-2-1-3-11(12)13(18)16-17-21(19,20)10-7-5-9(15)6-8-10/h1-8,17H,(H,16,18). The lowest BCUT2D eigenvalue weighted by Crippen LogP contribution is -2.41. The molecule has 2 rings (SSSR count). The van der Waals surface area contributed by atoms with Crippen LogP contribution in [0.5, 0.6) is 0 Å². The van der Waals surface area contributed by atoms with Crippen molar-refractivity contribution in [2.45, 2.75) is 4.90 Å². The van der Waals surface area contributed by atoms with Crippen LogP contribution in [0.25, 0.3) is 0 Å². The van der Waals surface area contributed by atoms with Crippen molar-refractivity contribution in [2.24, 2.45) is 0 Å². The van der Waals surface area contributed by atoms with E-state index in [0.29, 0.717) is 15.1 Å². The third-order valence-corrected chi connectivity index (χ3v) is 4.75. The van der Waals surface area contributed by atoms with Crippen molar-refractivity contribution in [3.8, 4) is 0 Å². The Hall–Kier alpha value is -1.41. The smallest absolute Gasteiger partial charge is 0.267 e. The van der Waals surface area contributed by atoms with Crippen LogP contribution in [-0.4, -0.2) is 14.3 Å². The molecule has 0 aliphatic heterocycles. The lowest BCUT2D eigenvalue weighted by Gasteiger charge is -2.09. The molecule has 0 spiro atoms. The molecule has 0 aromatic heterocycles. The number of benzene rings is 2.